The number of nitrogens with zero attached hydrogens (tertiary/aromatic N) is 1. The number of hydrogen-bond acceptors (Lipinski definition) is 2. The molecule has 21 heavy (non-hydrogen) atoms. The van der Waals surface area contributed by atoms with Crippen LogP contribution in [0.5, 0.6) is 0 Å². The number of anilines is 1. The van der Waals surface area contributed by atoms with Crippen LogP contribution >= 0.6 is 0 Å². The van der Waals surface area contributed by atoms with Crippen LogP contribution in [-0.2, 0) is 6.42 Å². The van der Waals surface area contributed by atoms with E-state index in [1.54, 1.807) is 13.0 Å². The van der Waals surface area contributed by atoms with Gasteiger partial charge in [0, 0.05) is 6.04 Å². The molecule has 0 saturated carbocycles. The summed E-state index contributed by atoms with van der Waals surface area (Å²) in [5, 5.41) is 2.34. The first-order valence-corrected chi connectivity index (χ1v) is 6.09. The van der Waals surface area contributed by atoms with Crippen LogP contribution in [0.1, 0.15) is 12.5 Å². The molecule has 0 amide bonds. The Morgan fingerprint density at radius 3 is 2.24 bits per heavy atom. The van der Waals surface area contributed by atoms with Crippen LogP contribution in [0.2, 0.25) is 0 Å². The van der Waals surface area contributed by atoms with Crippen molar-refractivity contribution in [2.24, 2.45) is 0 Å². The minimum Gasteiger partial charge on any atom is -0.377 e. The van der Waals surface area contributed by atoms with Crippen LogP contribution < -0.4 is 5.32 Å². The Kier molecular flexibility index (Phi) is 4.40. The average molecular weight is 302 g/mol. The highest BCUT2D eigenvalue weighted by molar-refractivity contribution is 5.46. The Morgan fingerprint density at radius 2 is 1.67 bits per heavy atom. The van der Waals surface area contributed by atoms with E-state index in [1.807, 2.05) is 0 Å². The molecular formula is C14H11F5N2. The van der Waals surface area contributed by atoms with E-state index >= 15 is 0 Å². The van der Waals surface area contributed by atoms with Crippen molar-refractivity contribution in [2.45, 2.75) is 19.4 Å². The fourth-order valence-corrected chi connectivity index (χ4v) is 1.93. The van der Waals surface area contributed by atoms with Crippen molar-refractivity contribution in [1.29, 1.82) is 0 Å². The Balaban J connectivity index is 2.18. The van der Waals surface area contributed by atoms with Crippen molar-refractivity contribution in [3.8, 4) is 0 Å². The fourth-order valence-electron chi connectivity index (χ4n) is 1.93. The second-order valence-electron chi connectivity index (χ2n) is 4.58. The molecule has 0 fully saturated rings. The Labute approximate surface area is 117 Å². The molecule has 0 radical (unpaired) electrons. The molecule has 1 aromatic carbocycles. The molecule has 0 aliphatic carbocycles. The lowest BCUT2D eigenvalue weighted by Gasteiger charge is -2.16. The van der Waals surface area contributed by atoms with Gasteiger partial charge in [-0.1, -0.05) is 12.1 Å². The number of aromatic nitrogens is 1. The van der Waals surface area contributed by atoms with Crippen molar-refractivity contribution in [3.63, 3.8) is 0 Å². The second kappa shape index (κ2) is 6.07. The SMILES string of the molecule is CC(Cc1cccc(F)c1)Nc1c(F)c(F)nc(F)c1F. The smallest absolute Gasteiger partial charge is 0.253 e. The largest absolute Gasteiger partial charge is 0.377 e. The first-order valence-electron chi connectivity index (χ1n) is 6.09. The van der Waals surface area contributed by atoms with Gasteiger partial charge >= 0.3 is 0 Å². The van der Waals surface area contributed by atoms with Gasteiger partial charge in [0.05, 0.1) is 0 Å². The lowest BCUT2D eigenvalue weighted by atomic mass is 10.1. The summed E-state index contributed by atoms with van der Waals surface area (Å²) in [5.74, 6) is -7.10. The molecule has 1 heterocycles. The maximum Gasteiger partial charge on any atom is 0.253 e. The van der Waals surface area contributed by atoms with Crippen molar-refractivity contribution in [2.75, 3.05) is 5.32 Å². The molecule has 112 valence electrons. The number of rotatable bonds is 4. The van der Waals surface area contributed by atoms with Gasteiger partial charge in [-0.25, -0.2) is 4.39 Å². The molecule has 1 N–H and O–H groups in total. The summed E-state index contributed by atoms with van der Waals surface area (Å²) in [6, 6.07) is 5.05. The van der Waals surface area contributed by atoms with Crippen LogP contribution in [0, 0.1) is 29.3 Å². The van der Waals surface area contributed by atoms with Crippen molar-refractivity contribution in [1.82, 2.24) is 4.98 Å². The molecule has 2 aromatic rings. The molecule has 1 atom stereocenters. The van der Waals surface area contributed by atoms with Gasteiger partial charge in [0.25, 0.3) is 11.9 Å². The zero-order valence-electron chi connectivity index (χ0n) is 10.9. The summed E-state index contributed by atoms with van der Waals surface area (Å²) in [4.78, 5) is 2.46. The molecule has 2 rings (SSSR count). The molecule has 1 unspecified atom stereocenters. The number of pyridine rings is 1. The van der Waals surface area contributed by atoms with Crippen LogP contribution in [0.25, 0.3) is 0 Å². The average Bonchev–Trinajstić information content (AvgIpc) is 2.41. The molecule has 1 aromatic heterocycles. The van der Waals surface area contributed by atoms with Crippen LogP contribution in [0.3, 0.4) is 0 Å². The Morgan fingerprint density at radius 1 is 1.05 bits per heavy atom. The minimum absolute atomic E-state index is 0.211. The molecule has 7 heteroatoms. The van der Waals surface area contributed by atoms with E-state index in [9.17, 15) is 22.0 Å². The van der Waals surface area contributed by atoms with Gasteiger partial charge in [-0.2, -0.15) is 22.5 Å². The highest BCUT2D eigenvalue weighted by Crippen LogP contribution is 2.23. The molecule has 2 nitrogen and oxygen atoms in total. The van der Waals surface area contributed by atoms with Gasteiger partial charge in [-0.3, -0.25) is 0 Å². The van der Waals surface area contributed by atoms with Crippen LogP contribution in [-0.4, -0.2) is 11.0 Å². The number of halogens is 5. The first-order chi connectivity index (χ1) is 9.88. The third-order valence-electron chi connectivity index (χ3n) is 2.82. The number of hydrogen-bond donors (Lipinski definition) is 1. The lowest BCUT2D eigenvalue weighted by Crippen LogP contribution is -2.21. The zero-order valence-corrected chi connectivity index (χ0v) is 10.9. The summed E-state index contributed by atoms with van der Waals surface area (Å²) in [5.41, 5.74) is -0.352. The predicted molar refractivity (Wildman–Crippen MR) is 67.3 cm³/mol. The summed E-state index contributed by atoms with van der Waals surface area (Å²) >= 11 is 0. The summed E-state index contributed by atoms with van der Waals surface area (Å²) in [6.45, 7) is 1.54. The van der Waals surface area contributed by atoms with E-state index in [2.05, 4.69) is 10.3 Å². The van der Waals surface area contributed by atoms with E-state index in [0.29, 0.717) is 5.56 Å². The predicted octanol–water partition coefficient (Wildman–Crippen LogP) is 3.82. The van der Waals surface area contributed by atoms with Gasteiger partial charge in [0.1, 0.15) is 11.5 Å². The van der Waals surface area contributed by atoms with Gasteiger partial charge in [0.2, 0.25) is 11.6 Å². The number of nitrogens with one attached hydrogen (secondary N) is 1. The Hall–Kier alpha value is -2.18. The van der Waals surface area contributed by atoms with Gasteiger partial charge in [-0.15, -0.1) is 0 Å². The number of benzene rings is 1. The molecule has 0 bridgehead atoms. The maximum atomic E-state index is 13.4. The molecule has 0 aliphatic heterocycles. The van der Waals surface area contributed by atoms with Crippen LogP contribution in [0.15, 0.2) is 24.3 Å². The third kappa shape index (κ3) is 3.48. The topological polar surface area (TPSA) is 24.9 Å². The third-order valence-corrected chi connectivity index (χ3v) is 2.82. The normalized spacial score (nSPS) is 12.3. The standard InChI is InChI=1S/C14H11F5N2/c1-7(5-8-3-2-4-9(15)6-8)20-12-10(16)13(18)21-14(19)11(12)17/h2-4,6-7H,5H2,1H3,(H,20,21). The Bertz CT molecular complexity index is 634. The van der Waals surface area contributed by atoms with Crippen LogP contribution in [0.4, 0.5) is 27.6 Å². The van der Waals surface area contributed by atoms with Crippen molar-refractivity contribution < 1.29 is 22.0 Å². The van der Waals surface area contributed by atoms with E-state index in [1.165, 1.54) is 18.2 Å². The van der Waals surface area contributed by atoms with E-state index < -0.39 is 41.1 Å². The monoisotopic (exact) mass is 302 g/mol. The van der Waals surface area contributed by atoms with Gasteiger partial charge in [0.15, 0.2) is 0 Å². The highest BCUT2D eigenvalue weighted by atomic mass is 19.2. The fraction of sp³-hybridized carbons (Fsp3) is 0.214. The quantitative estimate of drug-likeness (QED) is 0.686. The minimum atomic E-state index is -1.73. The van der Waals surface area contributed by atoms with E-state index in [4.69, 9.17) is 0 Å². The molecule has 0 saturated heterocycles. The summed E-state index contributed by atoms with van der Waals surface area (Å²) in [6.07, 6.45) is 0.211. The first kappa shape index (κ1) is 15.2. The molecular weight excluding hydrogens is 291 g/mol. The lowest BCUT2D eigenvalue weighted by molar-refractivity contribution is 0.409. The zero-order chi connectivity index (χ0) is 15.6. The maximum absolute atomic E-state index is 13.4. The molecule has 0 spiro atoms. The van der Waals surface area contributed by atoms with E-state index in [0.717, 1.165) is 0 Å². The van der Waals surface area contributed by atoms with Gasteiger partial charge < -0.3 is 5.32 Å². The highest BCUT2D eigenvalue weighted by Gasteiger charge is 2.21. The van der Waals surface area contributed by atoms with E-state index in [-0.39, 0.29) is 6.42 Å². The second-order valence-corrected chi connectivity index (χ2v) is 4.58. The van der Waals surface area contributed by atoms with Crippen molar-refractivity contribution in [3.05, 3.63) is 59.2 Å². The van der Waals surface area contributed by atoms with Crippen molar-refractivity contribution >= 4 is 5.69 Å². The summed E-state index contributed by atoms with van der Waals surface area (Å²) in [7, 11) is 0. The molecule has 0 aliphatic rings. The van der Waals surface area contributed by atoms with Gasteiger partial charge in [-0.05, 0) is 31.0 Å². The summed E-state index contributed by atoms with van der Waals surface area (Å²) < 4.78 is 65.8.